The lowest BCUT2D eigenvalue weighted by Gasteiger charge is -2.22. The predicted octanol–water partition coefficient (Wildman–Crippen LogP) is 4.73. The smallest absolute Gasteiger partial charge is 0.274 e. The molecule has 0 spiro atoms. The lowest BCUT2D eigenvalue weighted by molar-refractivity contribution is -0.123. The molecule has 28 heavy (non-hydrogen) atoms. The van der Waals surface area contributed by atoms with Crippen LogP contribution in [0.2, 0.25) is 0 Å². The SMILES string of the molecule is CC(C)(C)C(=O)Nc1c(F)cccc1Oc1ccc(C(C)(C)S(=O)(=O)O)cc1. The number of anilines is 1. The number of carbonyl (C=O) groups is 1. The van der Waals surface area contributed by atoms with Crippen LogP contribution in [0.25, 0.3) is 0 Å². The maximum Gasteiger partial charge on any atom is 0.274 e. The number of nitrogens with one attached hydrogen (secondary N) is 1. The van der Waals surface area contributed by atoms with Gasteiger partial charge in [-0.2, -0.15) is 8.42 Å². The molecular formula is C20H24FNO5S. The maximum absolute atomic E-state index is 14.3. The van der Waals surface area contributed by atoms with E-state index < -0.39 is 26.1 Å². The molecule has 0 atom stereocenters. The fourth-order valence-corrected chi connectivity index (χ4v) is 2.65. The van der Waals surface area contributed by atoms with Gasteiger partial charge in [-0.1, -0.05) is 39.0 Å². The average Bonchev–Trinajstić information content (AvgIpc) is 2.56. The third-order valence-corrected chi connectivity index (χ3v) is 5.84. The molecule has 2 aromatic carbocycles. The molecule has 0 saturated heterocycles. The summed E-state index contributed by atoms with van der Waals surface area (Å²) in [5.74, 6) is -0.585. The van der Waals surface area contributed by atoms with E-state index in [9.17, 15) is 22.2 Å². The van der Waals surface area contributed by atoms with Gasteiger partial charge in [0.2, 0.25) is 5.91 Å². The fraction of sp³-hybridized carbons (Fsp3) is 0.350. The van der Waals surface area contributed by atoms with E-state index in [2.05, 4.69) is 5.32 Å². The molecule has 0 aromatic heterocycles. The number of ether oxygens (including phenoxy) is 1. The summed E-state index contributed by atoms with van der Waals surface area (Å²) in [5, 5.41) is 2.54. The Bertz CT molecular complexity index is 977. The van der Waals surface area contributed by atoms with Crippen molar-refractivity contribution in [1.29, 1.82) is 0 Å². The summed E-state index contributed by atoms with van der Waals surface area (Å²) < 4.78 is 50.9. The minimum Gasteiger partial charge on any atom is -0.455 e. The van der Waals surface area contributed by atoms with Gasteiger partial charge in [-0.3, -0.25) is 9.35 Å². The summed E-state index contributed by atoms with van der Waals surface area (Å²) in [6, 6.07) is 10.2. The molecule has 0 aliphatic heterocycles. The minimum atomic E-state index is -4.30. The van der Waals surface area contributed by atoms with Gasteiger partial charge in [-0.15, -0.1) is 0 Å². The van der Waals surface area contributed by atoms with Crippen LogP contribution >= 0.6 is 0 Å². The topological polar surface area (TPSA) is 92.7 Å². The highest BCUT2D eigenvalue weighted by molar-refractivity contribution is 7.86. The zero-order chi connectivity index (χ0) is 21.3. The van der Waals surface area contributed by atoms with E-state index in [4.69, 9.17) is 4.74 Å². The van der Waals surface area contributed by atoms with Gasteiger partial charge in [-0.25, -0.2) is 4.39 Å². The zero-order valence-electron chi connectivity index (χ0n) is 16.4. The van der Waals surface area contributed by atoms with Crippen molar-refractivity contribution in [2.75, 3.05) is 5.32 Å². The first-order valence-corrected chi connectivity index (χ1v) is 10.0. The highest BCUT2D eigenvalue weighted by atomic mass is 32.2. The van der Waals surface area contributed by atoms with Crippen LogP contribution < -0.4 is 10.1 Å². The maximum atomic E-state index is 14.3. The highest BCUT2D eigenvalue weighted by Gasteiger charge is 2.34. The number of halogens is 1. The number of benzene rings is 2. The predicted molar refractivity (Wildman–Crippen MR) is 106 cm³/mol. The molecule has 2 aromatic rings. The van der Waals surface area contributed by atoms with Gasteiger partial charge in [-0.05, 0) is 43.7 Å². The number of hydrogen-bond acceptors (Lipinski definition) is 4. The van der Waals surface area contributed by atoms with Gasteiger partial charge in [0.05, 0.1) is 0 Å². The first-order chi connectivity index (χ1) is 12.7. The van der Waals surface area contributed by atoms with E-state index in [1.807, 2.05) is 0 Å². The van der Waals surface area contributed by atoms with E-state index in [1.54, 1.807) is 20.8 Å². The van der Waals surface area contributed by atoms with Gasteiger partial charge in [0.15, 0.2) is 11.6 Å². The van der Waals surface area contributed by atoms with E-state index in [0.717, 1.165) is 0 Å². The molecule has 1 amide bonds. The molecule has 0 fully saturated rings. The summed E-state index contributed by atoms with van der Waals surface area (Å²) in [6.07, 6.45) is 0. The van der Waals surface area contributed by atoms with Crippen LogP contribution in [0.15, 0.2) is 42.5 Å². The Hall–Kier alpha value is -2.45. The van der Waals surface area contributed by atoms with E-state index >= 15 is 0 Å². The van der Waals surface area contributed by atoms with Crippen molar-refractivity contribution in [1.82, 2.24) is 0 Å². The van der Waals surface area contributed by atoms with E-state index in [-0.39, 0.29) is 17.3 Å². The molecular weight excluding hydrogens is 385 g/mol. The Labute approximate surface area is 164 Å². The van der Waals surface area contributed by atoms with Crippen LogP contribution in [0.5, 0.6) is 11.5 Å². The first kappa shape index (κ1) is 21.8. The third kappa shape index (κ3) is 4.69. The van der Waals surface area contributed by atoms with Crippen LogP contribution in [0.4, 0.5) is 10.1 Å². The molecule has 0 aliphatic carbocycles. The summed E-state index contributed by atoms with van der Waals surface area (Å²) in [7, 11) is -4.30. The molecule has 0 unspecified atom stereocenters. The second-order valence-corrected chi connectivity index (χ2v) is 9.90. The standard InChI is InChI=1S/C20H24FNO5S/c1-19(2,3)18(23)22-17-15(21)7-6-8-16(17)27-14-11-9-13(10-12-14)20(4,5)28(24,25)26/h6-12H,1-5H3,(H,22,23)(H,24,25,26). The van der Waals surface area contributed by atoms with E-state index in [0.29, 0.717) is 11.3 Å². The van der Waals surface area contributed by atoms with Gasteiger partial charge in [0.1, 0.15) is 16.2 Å². The first-order valence-electron chi connectivity index (χ1n) is 8.59. The summed E-state index contributed by atoms with van der Waals surface area (Å²) in [6.45, 7) is 7.88. The van der Waals surface area contributed by atoms with Crippen molar-refractivity contribution >= 4 is 21.7 Å². The van der Waals surface area contributed by atoms with Gasteiger partial charge in [0, 0.05) is 5.41 Å². The van der Waals surface area contributed by atoms with Gasteiger partial charge >= 0.3 is 0 Å². The summed E-state index contributed by atoms with van der Waals surface area (Å²) >= 11 is 0. The Morgan fingerprint density at radius 3 is 2.11 bits per heavy atom. The number of amides is 1. The summed E-state index contributed by atoms with van der Waals surface area (Å²) in [4.78, 5) is 12.2. The Morgan fingerprint density at radius 2 is 1.61 bits per heavy atom. The quantitative estimate of drug-likeness (QED) is 0.697. The van der Waals surface area contributed by atoms with Crippen molar-refractivity contribution < 1.29 is 26.9 Å². The molecule has 2 N–H and O–H groups in total. The Kier molecular flexibility index (Phi) is 5.87. The fourth-order valence-electron chi connectivity index (χ4n) is 2.21. The van der Waals surface area contributed by atoms with Crippen LogP contribution in [0.1, 0.15) is 40.2 Å². The van der Waals surface area contributed by atoms with Crippen molar-refractivity contribution in [3.8, 4) is 11.5 Å². The van der Waals surface area contributed by atoms with Crippen LogP contribution in [0.3, 0.4) is 0 Å². The third-order valence-electron chi connectivity index (χ3n) is 4.32. The largest absolute Gasteiger partial charge is 0.455 e. The summed E-state index contributed by atoms with van der Waals surface area (Å²) in [5.41, 5.74) is -0.435. The van der Waals surface area contributed by atoms with E-state index in [1.165, 1.54) is 56.3 Å². The number of hydrogen-bond donors (Lipinski definition) is 2. The molecule has 6 nitrogen and oxygen atoms in total. The lowest BCUT2D eigenvalue weighted by Crippen LogP contribution is -2.28. The molecule has 0 radical (unpaired) electrons. The van der Waals surface area contributed by atoms with Crippen molar-refractivity contribution in [3.05, 3.63) is 53.8 Å². The number of rotatable bonds is 5. The number of carbonyl (C=O) groups excluding carboxylic acids is 1. The van der Waals surface area contributed by atoms with Crippen LogP contribution in [-0.2, 0) is 19.7 Å². The van der Waals surface area contributed by atoms with Crippen molar-refractivity contribution in [3.63, 3.8) is 0 Å². The van der Waals surface area contributed by atoms with Crippen LogP contribution in [-0.4, -0.2) is 18.9 Å². The lowest BCUT2D eigenvalue weighted by atomic mass is 9.95. The molecule has 0 heterocycles. The molecule has 152 valence electrons. The molecule has 0 aliphatic rings. The minimum absolute atomic E-state index is 0.0789. The normalized spacial score (nSPS) is 12.5. The molecule has 8 heteroatoms. The highest BCUT2D eigenvalue weighted by Crippen LogP contribution is 2.35. The van der Waals surface area contributed by atoms with Gasteiger partial charge < -0.3 is 10.1 Å². The van der Waals surface area contributed by atoms with Gasteiger partial charge in [0.25, 0.3) is 10.1 Å². The molecule has 0 bridgehead atoms. The number of para-hydroxylation sites is 1. The second-order valence-electron chi connectivity index (χ2n) is 7.93. The van der Waals surface area contributed by atoms with Crippen molar-refractivity contribution in [2.24, 2.45) is 5.41 Å². The zero-order valence-corrected chi connectivity index (χ0v) is 17.2. The van der Waals surface area contributed by atoms with Crippen LogP contribution in [0, 0.1) is 11.2 Å². The average molecular weight is 409 g/mol. The monoisotopic (exact) mass is 409 g/mol. The Balaban J connectivity index is 2.32. The van der Waals surface area contributed by atoms with Crippen molar-refractivity contribution in [2.45, 2.75) is 39.4 Å². The second kappa shape index (κ2) is 7.52. The Morgan fingerprint density at radius 1 is 1.04 bits per heavy atom. The molecule has 2 rings (SSSR count). The molecule has 0 saturated carbocycles.